The van der Waals surface area contributed by atoms with Gasteiger partial charge < -0.3 is 15.0 Å². The fourth-order valence-electron chi connectivity index (χ4n) is 3.13. The van der Waals surface area contributed by atoms with Gasteiger partial charge in [-0.15, -0.1) is 12.4 Å². The lowest BCUT2D eigenvalue weighted by Gasteiger charge is -2.34. The van der Waals surface area contributed by atoms with Crippen molar-refractivity contribution in [3.8, 4) is 11.5 Å². The molecule has 0 atom stereocenters. The molecule has 0 spiro atoms. The molecule has 146 valence electrons. The number of methoxy groups -OCH3 is 1. The van der Waals surface area contributed by atoms with Crippen LogP contribution in [0.2, 0.25) is 0 Å². The first-order valence-corrected chi connectivity index (χ1v) is 9.64. The molecule has 4 rings (SSSR count). The minimum Gasteiger partial charge on any atom is -0.383 e. The van der Waals surface area contributed by atoms with E-state index in [1.807, 2.05) is 0 Å². The summed E-state index contributed by atoms with van der Waals surface area (Å²) in [7, 11) is -2.48. The van der Waals surface area contributed by atoms with Crippen molar-refractivity contribution < 1.29 is 22.5 Å². The van der Waals surface area contributed by atoms with Gasteiger partial charge in [0.15, 0.2) is 5.82 Å². The van der Waals surface area contributed by atoms with E-state index in [-0.39, 0.29) is 41.9 Å². The number of ether oxygens (including phenoxy) is 1. The summed E-state index contributed by atoms with van der Waals surface area (Å²) in [6.07, 6.45) is 2.58. The lowest BCUT2D eigenvalue weighted by Crippen LogP contribution is -2.44. The largest absolute Gasteiger partial charge is 0.383 e. The topological polar surface area (TPSA) is 129 Å². The highest BCUT2D eigenvalue weighted by Gasteiger charge is 2.42. The molecule has 0 unspecified atom stereocenters. The summed E-state index contributed by atoms with van der Waals surface area (Å²) in [5.74, 6) is 0.0302. The Balaban J connectivity index is 0.00000210. The molecule has 1 aromatic carbocycles. The molecule has 27 heavy (non-hydrogen) atoms. The molecule has 0 radical (unpaired) electrons. The molecule has 0 saturated heterocycles. The van der Waals surface area contributed by atoms with Gasteiger partial charge in [-0.25, -0.2) is 12.7 Å². The normalized spacial score (nSPS) is 19.3. The summed E-state index contributed by atoms with van der Waals surface area (Å²) in [4.78, 5) is 16.6. The van der Waals surface area contributed by atoms with E-state index in [0.29, 0.717) is 11.4 Å². The summed E-state index contributed by atoms with van der Waals surface area (Å²) in [5, 5.41) is 3.93. The summed E-state index contributed by atoms with van der Waals surface area (Å²) in [6.45, 7) is 0.0828. The average molecular weight is 415 g/mol. The zero-order chi connectivity index (χ0) is 18.5. The first-order valence-electron chi connectivity index (χ1n) is 8.20. The van der Waals surface area contributed by atoms with Gasteiger partial charge >= 0.3 is 0 Å². The van der Waals surface area contributed by atoms with Crippen LogP contribution in [-0.2, 0) is 20.3 Å². The maximum absolute atomic E-state index is 12.7. The summed E-state index contributed by atoms with van der Waals surface area (Å²) in [5.41, 5.74) is 6.17. The minimum absolute atomic E-state index is 0. The van der Waals surface area contributed by atoms with Gasteiger partial charge in [-0.3, -0.25) is 4.79 Å². The number of aromatic nitrogens is 2. The first-order chi connectivity index (χ1) is 12.4. The lowest BCUT2D eigenvalue weighted by molar-refractivity contribution is 0.0836. The second kappa shape index (κ2) is 6.86. The Hall–Kier alpha value is -2.01. The maximum Gasteiger partial charge on any atom is 0.269 e. The van der Waals surface area contributed by atoms with E-state index in [1.54, 1.807) is 6.07 Å². The molecule has 1 aromatic heterocycles. The van der Waals surface area contributed by atoms with Crippen LogP contribution in [0.25, 0.3) is 11.5 Å². The summed E-state index contributed by atoms with van der Waals surface area (Å²) in [6, 6.07) is 4.44. The van der Waals surface area contributed by atoms with Crippen LogP contribution < -0.4 is 5.73 Å². The Kier molecular flexibility index (Phi) is 5.02. The molecule has 1 aliphatic heterocycles. The van der Waals surface area contributed by atoms with E-state index >= 15 is 0 Å². The zero-order valence-electron chi connectivity index (χ0n) is 14.5. The fraction of sp³-hybridized carbons (Fsp3) is 0.438. The number of fused-ring (bicyclic) bond motifs is 1. The predicted octanol–water partition coefficient (Wildman–Crippen LogP) is 1.29. The molecule has 9 nitrogen and oxygen atoms in total. The standard InChI is InChI=1S/C16H18N4O5S.ClH/c1-24-8-7-20-14(21)11-4-3-10(9-12(11)26(20,22)23)13-18-15(19-25-13)16(17)5-2-6-16;/h3-4,9H,2,5-8,17H2,1H3;1H. The van der Waals surface area contributed by atoms with Crippen molar-refractivity contribution in [2.75, 3.05) is 20.3 Å². The smallest absolute Gasteiger partial charge is 0.269 e. The highest BCUT2D eigenvalue weighted by atomic mass is 35.5. The zero-order valence-corrected chi connectivity index (χ0v) is 16.2. The van der Waals surface area contributed by atoms with E-state index in [1.165, 1.54) is 19.2 Å². The number of hydrogen-bond acceptors (Lipinski definition) is 8. The number of nitrogens with zero attached hydrogens (tertiary/aromatic N) is 3. The predicted molar refractivity (Wildman–Crippen MR) is 96.8 cm³/mol. The van der Waals surface area contributed by atoms with Gasteiger partial charge in [0, 0.05) is 12.7 Å². The van der Waals surface area contributed by atoms with Crippen molar-refractivity contribution in [1.29, 1.82) is 0 Å². The first kappa shape index (κ1) is 19.7. The Bertz CT molecular complexity index is 986. The van der Waals surface area contributed by atoms with Gasteiger partial charge in [-0.1, -0.05) is 5.16 Å². The highest BCUT2D eigenvalue weighted by molar-refractivity contribution is 7.90. The molecule has 1 aliphatic carbocycles. The van der Waals surface area contributed by atoms with E-state index in [2.05, 4.69) is 10.1 Å². The number of hydrogen-bond donors (Lipinski definition) is 1. The number of benzene rings is 1. The molecule has 2 aliphatic rings. The van der Waals surface area contributed by atoms with Gasteiger partial charge in [0.2, 0.25) is 0 Å². The van der Waals surface area contributed by atoms with Gasteiger partial charge in [0.1, 0.15) is 4.90 Å². The SMILES string of the molecule is COCCN1C(=O)c2ccc(-c3nc(C4(N)CCC4)no3)cc2S1(=O)=O.Cl. The quantitative estimate of drug-likeness (QED) is 0.774. The molecule has 2 aromatic rings. The molecular weight excluding hydrogens is 396 g/mol. The van der Waals surface area contributed by atoms with E-state index < -0.39 is 21.5 Å². The number of nitrogens with two attached hydrogens (primary N) is 1. The number of halogens is 1. The van der Waals surface area contributed by atoms with Gasteiger partial charge in [0.25, 0.3) is 21.8 Å². The molecule has 1 saturated carbocycles. The van der Waals surface area contributed by atoms with Crippen molar-refractivity contribution in [2.24, 2.45) is 5.73 Å². The second-order valence-corrected chi connectivity index (χ2v) is 8.35. The van der Waals surface area contributed by atoms with Crippen molar-refractivity contribution in [2.45, 2.75) is 29.7 Å². The Morgan fingerprint density at radius 3 is 2.74 bits per heavy atom. The van der Waals surface area contributed by atoms with E-state index in [4.69, 9.17) is 15.0 Å². The molecule has 2 heterocycles. The van der Waals surface area contributed by atoms with Crippen LogP contribution >= 0.6 is 12.4 Å². The summed E-state index contributed by atoms with van der Waals surface area (Å²) >= 11 is 0. The molecule has 1 fully saturated rings. The van der Waals surface area contributed by atoms with Crippen LogP contribution in [0.4, 0.5) is 0 Å². The Morgan fingerprint density at radius 1 is 1.37 bits per heavy atom. The van der Waals surface area contributed by atoms with Crippen LogP contribution in [-0.4, -0.2) is 49.0 Å². The van der Waals surface area contributed by atoms with E-state index in [0.717, 1.165) is 23.6 Å². The molecule has 2 N–H and O–H groups in total. The third kappa shape index (κ3) is 3.02. The van der Waals surface area contributed by atoms with Gasteiger partial charge in [-0.2, -0.15) is 4.98 Å². The number of amides is 1. The Morgan fingerprint density at radius 2 is 2.11 bits per heavy atom. The van der Waals surface area contributed by atoms with Gasteiger partial charge in [-0.05, 0) is 37.5 Å². The number of sulfonamides is 1. The van der Waals surface area contributed by atoms with Crippen LogP contribution in [0.5, 0.6) is 0 Å². The monoisotopic (exact) mass is 414 g/mol. The number of carbonyl (C=O) groups excluding carboxylic acids is 1. The van der Waals surface area contributed by atoms with Crippen LogP contribution in [0, 0.1) is 0 Å². The Labute approximate surface area is 162 Å². The average Bonchev–Trinajstić information content (AvgIpc) is 3.15. The minimum atomic E-state index is -3.92. The highest BCUT2D eigenvalue weighted by Crippen LogP contribution is 2.38. The van der Waals surface area contributed by atoms with Crippen LogP contribution in [0.3, 0.4) is 0 Å². The second-order valence-electron chi connectivity index (χ2n) is 6.52. The fourth-order valence-corrected chi connectivity index (χ4v) is 4.71. The maximum atomic E-state index is 12.7. The van der Waals surface area contributed by atoms with Crippen LogP contribution in [0.15, 0.2) is 27.6 Å². The number of rotatable bonds is 5. The van der Waals surface area contributed by atoms with Crippen molar-refractivity contribution in [3.63, 3.8) is 0 Å². The molecular formula is C16H19ClN4O5S. The molecule has 1 amide bonds. The van der Waals surface area contributed by atoms with Crippen molar-refractivity contribution in [3.05, 3.63) is 29.6 Å². The molecule has 0 bridgehead atoms. The van der Waals surface area contributed by atoms with E-state index in [9.17, 15) is 13.2 Å². The molecule has 11 heteroatoms. The third-order valence-corrected chi connectivity index (χ3v) is 6.69. The number of carbonyl (C=O) groups is 1. The lowest BCUT2D eigenvalue weighted by atomic mass is 9.77. The van der Waals surface area contributed by atoms with Gasteiger partial charge in [0.05, 0.1) is 24.3 Å². The summed E-state index contributed by atoms with van der Waals surface area (Å²) < 4.78 is 36.3. The van der Waals surface area contributed by atoms with Crippen molar-refractivity contribution in [1.82, 2.24) is 14.4 Å². The van der Waals surface area contributed by atoms with Crippen LogP contribution in [0.1, 0.15) is 35.4 Å². The third-order valence-electron chi connectivity index (χ3n) is 4.87. The van der Waals surface area contributed by atoms with Crippen molar-refractivity contribution >= 4 is 28.3 Å².